The second-order valence-electron chi connectivity index (χ2n) is 7.95. The van der Waals surface area contributed by atoms with Gasteiger partial charge in [0.05, 0.1) is 23.7 Å². The molecule has 2 fully saturated rings. The minimum absolute atomic E-state index is 0.0840. The lowest BCUT2D eigenvalue weighted by molar-refractivity contribution is -0.140. The van der Waals surface area contributed by atoms with Crippen LogP contribution in [-0.4, -0.2) is 50.9 Å². The van der Waals surface area contributed by atoms with Gasteiger partial charge >= 0.3 is 0 Å². The topological polar surface area (TPSA) is 75.5 Å². The SMILES string of the molecule is CN(Cc1cnn(-c2ccccc2)c1)C(=O)CCN1C(=O)[C@@H]2CCCC[C@H]2C1=O. The minimum Gasteiger partial charge on any atom is -0.341 e. The fraction of sp³-hybridized carbons (Fsp3) is 0.455. The largest absolute Gasteiger partial charge is 0.341 e. The summed E-state index contributed by atoms with van der Waals surface area (Å²) in [6, 6.07) is 9.78. The summed E-state index contributed by atoms with van der Waals surface area (Å²) in [5.74, 6) is -0.577. The molecule has 0 unspecified atom stereocenters. The monoisotopic (exact) mass is 394 g/mol. The highest BCUT2D eigenvalue weighted by molar-refractivity contribution is 6.05. The number of fused-ring (bicyclic) bond motifs is 1. The van der Waals surface area contributed by atoms with E-state index in [1.54, 1.807) is 22.8 Å². The molecule has 7 nitrogen and oxygen atoms in total. The first kappa shape index (κ1) is 19.4. The summed E-state index contributed by atoms with van der Waals surface area (Å²) in [5, 5.41) is 4.35. The van der Waals surface area contributed by atoms with E-state index in [4.69, 9.17) is 0 Å². The van der Waals surface area contributed by atoms with Crippen LogP contribution in [0.15, 0.2) is 42.7 Å². The molecule has 7 heteroatoms. The van der Waals surface area contributed by atoms with E-state index in [1.807, 2.05) is 36.5 Å². The third-order valence-corrected chi connectivity index (χ3v) is 5.98. The lowest BCUT2D eigenvalue weighted by Crippen LogP contribution is -2.36. The number of para-hydroxylation sites is 1. The predicted octanol–water partition coefficient (Wildman–Crippen LogP) is 2.40. The van der Waals surface area contributed by atoms with Crippen LogP contribution >= 0.6 is 0 Å². The molecule has 0 bridgehead atoms. The lowest BCUT2D eigenvalue weighted by atomic mass is 9.81. The van der Waals surface area contributed by atoms with Crippen LogP contribution < -0.4 is 0 Å². The van der Waals surface area contributed by atoms with Crippen molar-refractivity contribution in [2.24, 2.45) is 11.8 Å². The maximum absolute atomic E-state index is 12.6. The number of amides is 3. The Kier molecular flexibility index (Phi) is 5.47. The van der Waals surface area contributed by atoms with Gasteiger partial charge < -0.3 is 4.90 Å². The van der Waals surface area contributed by atoms with Gasteiger partial charge in [0.15, 0.2) is 0 Å². The van der Waals surface area contributed by atoms with Crippen molar-refractivity contribution in [3.63, 3.8) is 0 Å². The Morgan fingerprint density at radius 1 is 1.10 bits per heavy atom. The predicted molar refractivity (Wildman–Crippen MR) is 107 cm³/mol. The first-order chi connectivity index (χ1) is 14.0. The van der Waals surface area contributed by atoms with Crippen LogP contribution in [0.5, 0.6) is 0 Å². The average Bonchev–Trinajstić information content (AvgIpc) is 3.31. The summed E-state index contributed by atoms with van der Waals surface area (Å²) in [4.78, 5) is 40.6. The molecule has 1 saturated heterocycles. The van der Waals surface area contributed by atoms with Gasteiger partial charge in [0.1, 0.15) is 0 Å². The highest BCUT2D eigenvalue weighted by Crippen LogP contribution is 2.38. The van der Waals surface area contributed by atoms with Crippen molar-refractivity contribution in [1.29, 1.82) is 0 Å². The van der Waals surface area contributed by atoms with Crippen LogP contribution in [-0.2, 0) is 20.9 Å². The molecular formula is C22H26N4O3. The molecule has 0 spiro atoms. The number of hydrogen-bond donors (Lipinski definition) is 0. The molecule has 0 N–H and O–H groups in total. The number of carbonyl (C=O) groups excluding carboxylic acids is 3. The maximum Gasteiger partial charge on any atom is 0.233 e. The molecule has 3 amide bonds. The summed E-state index contributed by atoms with van der Waals surface area (Å²) in [6.45, 7) is 0.607. The van der Waals surface area contributed by atoms with Crippen LogP contribution in [0, 0.1) is 11.8 Å². The van der Waals surface area contributed by atoms with Gasteiger partial charge in [-0.2, -0.15) is 5.10 Å². The third-order valence-electron chi connectivity index (χ3n) is 5.98. The number of imide groups is 1. The van der Waals surface area contributed by atoms with Crippen molar-refractivity contribution in [1.82, 2.24) is 19.6 Å². The first-order valence-electron chi connectivity index (χ1n) is 10.2. The zero-order chi connectivity index (χ0) is 20.4. The summed E-state index contributed by atoms with van der Waals surface area (Å²) in [6.07, 6.45) is 7.40. The van der Waals surface area contributed by atoms with Crippen molar-refractivity contribution < 1.29 is 14.4 Å². The van der Waals surface area contributed by atoms with Gasteiger partial charge in [-0.05, 0) is 25.0 Å². The maximum atomic E-state index is 12.6. The van der Waals surface area contributed by atoms with Crippen molar-refractivity contribution in [3.8, 4) is 5.69 Å². The number of likely N-dealkylation sites (tertiary alicyclic amines) is 1. The minimum atomic E-state index is -0.159. The number of hydrogen-bond acceptors (Lipinski definition) is 4. The number of rotatable bonds is 6. The van der Waals surface area contributed by atoms with E-state index in [2.05, 4.69) is 5.10 Å². The molecule has 1 aromatic carbocycles. The van der Waals surface area contributed by atoms with Crippen LogP contribution in [0.25, 0.3) is 5.69 Å². The highest BCUT2D eigenvalue weighted by atomic mass is 16.2. The number of benzene rings is 1. The molecule has 1 aromatic heterocycles. The fourth-order valence-corrected chi connectivity index (χ4v) is 4.38. The average molecular weight is 394 g/mol. The van der Waals surface area contributed by atoms with Gasteiger partial charge in [-0.15, -0.1) is 0 Å². The van der Waals surface area contributed by atoms with Gasteiger partial charge in [0.25, 0.3) is 0 Å². The van der Waals surface area contributed by atoms with Crippen LogP contribution in [0.4, 0.5) is 0 Å². The van der Waals surface area contributed by atoms with Gasteiger partial charge in [0, 0.05) is 38.3 Å². The number of aromatic nitrogens is 2. The summed E-state index contributed by atoms with van der Waals surface area (Å²) < 4.78 is 1.77. The molecule has 1 aliphatic heterocycles. The molecule has 4 rings (SSSR count). The molecular weight excluding hydrogens is 368 g/mol. The Labute approximate surface area is 170 Å². The lowest BCUT2D eigenvalue weighted by Gasteiger charge is -2.19. The quantitative estimate of drug-likeness (QED) is 0.705. The first-order valence-corrected chi connectivity index (χ1v) is 10.2. The Morgan fingerprint density at radius 2 is 1.76 bits per heavy atom. The smallest absolute Gasteiger partial charge is 0.233 e. The Balaban J connectivity index is 1.32. The summed E-state index contributed by atoms with van der Waals surface area (Å²) in [7, 11) is 1.73. The van der Waals surface area contributed by atoms with E-state index in [0.29, 0.717) is 6.54 Å². The zero-order valence-electron chi connectivity index (χ0n) is 16.7. The molecule has 152 valence electrons. The van der Waals surface area contributed by atoms with Crippen molar-refractivity contribution in [2.45, 2.75) is 38.6 Å². The highest BCUT2D eigenvalue weighted by Gasteiger charge is 2.47. The Morgan fingerprint density at radius 3 is 2.41 bits per heavy atom. The van der Waals surface area contributed by atoms with E-state index in [-0.39, 0.29) is 42.5 Å². The summed E-state index contributed by atoms with van der Waals surface area (Å²) >= 11 is 0. The number of nitrogens with zero attached hydrogens (tertiary/aromatic N) is 4. The van der Waals surface area contributed by atoms with Crippen molar-refractivity contribution in [2.75, 3.05) is 13.6 Å². The molecule has 2 aliphatic rings. The van der Waals surface area contributed by atoms with Crippen molar-refractivity contribution >= 4 is 17.7 Å². The second-order valence-corrected chi connectivity index (χ2v) is 7.95. The second kappa shape index (κ2) is 8.19. The summed E-state index contributed by atoms with van der Waals surface area (Å²) in [5.41, 5.74) is 1.88. The third kappa shape index (κ3) is 3.95. The normalized spacial score (nSPS) is 21.3. The van der Waals surface area contributed by atoms with Gasteiger partial charge in [0.2, 0.25) is 17.7 Å². The molecule has 0 radical (unpaired) electrons. The van der Waals surface area contributed by atoms with Crippen molar-refractivity contribution in [3.05, 3.63) is 48.3 Å². The number of carbonyl (C=O) groups is 3. The van der Waals surface area contributed by atoms with Crippen LogP contribution in [0.3, 0.4) is 0 Å². The Hall–Kier alpha value is -2.96. The van der Waals surface area contributed by atoms with Gasteiger partial charge in [-0.25, -0.2) is 4.68 Å². The van der Waals surface area contributed by atoms with Crippen LogP contribution in [0.1, 0.15) is 37.7 Å². The molecule has 1 aliphatic carbocycles. The zero-order valence-corrected chi connectivity index (χ0v) is 16.7. The molecule has 29 heavy (non-hydrogen) atoms. The fourth-order valence-electron chi connectivity index (χ4n) is 4.38. The van der Waals surface area contributed by atoms with Gasteiger partial charge in [-0.3, -0.25) is 19.3 Å². The molecule has 1 saturated carbocycles. The van der Waals surface area contributed by atoms with E-state index in [0.717, 1.165) is 36.9 Å². The standard InChI is InChI=1S/C22H26N4O3/c1-24(14-16-13-23-26(15-16)17-7-3-2-4-8-17)20(27)11-12-25-21(28)18-9-5-6-10-19(18)22(25)29/h2-4,7-8,13,15,18-19H,5-6,9-12,14H2,1H3/t18-,19-/m1/s1. The molecule has 2 atom stereocenters. The molecule has 2 heterocycles. The van der Waals surface area contributed by atoms with E-state index in [1.165, 1.54) is 4.90 Å². The Bertz CT molecular complexity index is 884. The van der Waals surface area contributed by atoms with E-state index >= 15 is 0 Å². The van der Waals surface area contributed by atoms with Gasteiger partial charge in [-0.1, -0.05) is 31.0 Å². The van der Waals surface area contributed by atoms with E-state index in [9.17, 15) is 14.4 Å². The molecule has 2 aromatic rings. The van der Waals surface area contributed by atoms with Crippen LogP contribution in [0.2, 0.25) is 0 Å². The van der Waals surface area contributed by atoms with E-state index < -0.39 is 0 Å².